The van der Waals surface area contributed by atoms with E-state index >= 15 is 0 Å². The molecule has 1 fully saturated rings. The van der Waals surface area contributed by atoms with Gasteiger partial charge in [-0.05, 0) is 25.2 Å². The molecule has 1 N–H and O–H groups in total. The fourth-order valence-electron chi connectivity index (χ4n) is 2.80. The van der Waals surface area contributed by atoms with Gasteiger partial charge in [0.25, 0.3) is 0 Å². The molecule has 1 aliphatic rings. The van der Waals surface area contributed by atoms with Crippen molar-refractivity contribution in [2.24, 2.45) is 11.3 Å². The number of hydrogen-bond donors (Lipinski definition) is 1. The van der Waals surface area contributed by atoms with Crippen molar-refractivity contribution >= 4 is 9.84 Å². The Morgan fingerprint density at radius 2 is 1.76 bits per heavy atom. The lowest BCUT2D eigenvalue weighted by molar-refractivity contribution is 0.0684. The topological polar surface area (TPSA) is 49.4 Å². The largest absolute Gasteiger partial charge is 0.311 e. The summed E-state index contributed by atoms with van der Waals surface area (Å²) < 4.78 is 24.2. The summed E-state index contributed by atoms with van der Waals surface area (Å²) in [6, 6.07) is 0.834. The average Bonchev–Trinajstić information content (AvgIpc) is 2.34. The van der Waals surface area contributed by atoms with Crippen molar-refractivity contribution in [1.82, 2.24) is 10.2 Å². The van der Waals surface area contributed by atoms with Crippen LogP contribution in [0.1, 0.15) is 48.5 Å². The molecule has 21 heavy (non-hydrogen) atoms. The highest BCUT2D eigenvalue weighted by Gasteiger charge is 2.35. The van der Waals surface area contributed by atoms with Crippen LogP contribution in [0.15, 0.2) is 0 Å². The Kier molecular flexibility index (Phi) is 6.28. The van der Waals surface area contributed by atoms with Gasteiger partial charge in [-0.15, -0.1) is 0 Å². The molecule has 0 spiro atoms. The molecule has 5 heteroatoms. The number of rotatable bonds is 5. The van der Waals surface area contributed by atoms with E-state index in [0.717, 1.165) is 13.1 Å². The summed E-state index contributed by atoms with van der Waals surface area (Å²) in [6.45, 7) is 17.2. The molecular weight excluding hydrogens is 284 g/mol. The van der Waals surface area contributed by atoms with Crippen LogP contribution >= 0.6 is 0 Å². The molecule has 0 bridgehead atoms. The van der Waals surface area contributed by atoms with Crippen molar-refractivity contribution in [3.63, 3.8) is 0 Å². The predicted molar refractivity (Wildman–Crippen MR) is 90.4 cm³/mol. The van der Waals surface area contributed by atoms with Crippen LogP contribution < -0.4 is 5.32 Å². The molecule has 0 amide bonds. The minimum atomic E-state index is -2.96. The third kappa shape index (κ3) is 5.22. The average molecular weight is 319 g/mol. The zero-order valence-corrected chi connectivity index (χ0v) is 15.6. The zero-order valence-electron chi connectivity index (χ0n) is 14.8. The standard InChI is InChI=1S/C16H34N2O2S/c1-12(2)14-10-17-15(16(5,6)7)11-18(14)8-9-21(19,20)13(3)4/h12-15,17H,8-11H2,1-7H3. The van der Waals surface area contributed by atoms with Gasteiger partial charge in [0.15, 0.2) is 9.84 Å². The van der Waals surface area contributed by atoms with Gasteiger partial charge in [0.2, 0.25) is 0 Å². The first-order chi connectivity index (χ1) is 9.45. The second-order valence-electron chi connectivity index (χ2n) is 8.05. The zero-order chi connectivity index (χ0) is 16.4. The van der Waals surface area contributed by atoms with E-state index < -0.39 is 9.84 Å². The number of hydrogen-bond acceptors (Lipinski definition) is 4. The van der Waals surface area contributed by atoms with Gasteiger partial charge in [0.05, 0.1) is 11.0 Å². The second kappa shape index (κ2) is 6.97. The van der Waals surface area contributed by atoms with Crippen LogP contribution in [0.2, 0.25) is 0 Å². The van der Waals surface area contributed by atoms with Crippen LogP contribution in [-0.4, -0.2) is 56.0 Å². The fraction of sp³-hybridized carbons (Fsp3) is 1.00. The molecule has 1 saturated heterocycles. The van der Waals surface area contributed by atoms with Crippen LogP contribution in [0.25, 0.3) is 0 Å². The molecule has 2 unspecified atom stereocenters. The van der Waals surface area contributed by atoms with Crippen LogP contribution in [-0.2, 0) is 9.84 Å². The molecule has 0 aromatic rings. The highest BCUT2D eigenvalue weighted by Crippen LogP contribution is 2.25. The second-order valence-corrected chi connectivity index (χ2v) is 10.7. The lowest BCUT2D eigenvalue weighted by atomic mass is 9.83. The molecule has 1 aliphatic heterocycles. The van der Waals surface area contributed by atoms with E-state index in [-0.39, 0.29) is 16.4 Å². The van der Waals surface area contributed by atoms with Crippen LogP contribution in [0.5, 0.6) is 0 Å². The van der Waals surface area contributed by atoms with E-state index in [1.54, 1.807) is 13.8 Å². The molecule has 0 radical (unpaired) electrons. The van der Waals surface area contributed by atoms with Crippen molar-refractivity contribution in [3.8, 4) is 0 Å². The molecule has 126 valence electrons. The van der Waals surface area contributed by atoms with E-state index in [1.807, 2.05) is 0 Å². The smallest absolute Gasteiger partial charge is 0.153 e. The van der Waals surface area contributed by atoms with Gasteiger partial charge < -0.3 is 5.32 Å². The van der Waals surface area contributed by atoms with E-state index in [9.17, 15) is 8.42 Å². The van der Waals surface area contributed by atoms with Crippen molar-refractivity contribution in [1.29, 1.82) is 0 Å². The van der Waals surface area contributed by atoms with Crippen molar-refractivity contribution < 1.29 is 8.42 Å². The first-order valence-corrected chi connectivity index (χ1v) is 9.85. The maximum absolute atomic E-state index is 12.1. The Hall–Kier alpha value is -0.130. The summed E-state index contributed by atoms with van der Waals surface area (Å²) in [6.07, 6.45) is 0. The Morgan fingerprint density at radius 1 is 1.19 bits per heavy atom. The van der Waals surface area contributed by atoms with Crippen LogP contribution in [0.4, 0.5) is 0 Å². The number of sulfone groups is 1. The normalized spacial score (nSPS) is 25.8. The number of nitrogens with one attached hydrogen (secondary N) is 1. The third-order valence-electron chi connectivity index (χ3n) is 4.66. The number of piperazine rings is 1. The first kappa shape index (κ1) is 18.9. The lowest BCUT2D eigenvalue weighted by Crippen LogP contribution is -2.62. The highest BCUT2D eigenvalue weighted by molar-refractivity contribution is 7.92. The van der Waals surface area contributed by atoms with Gasteiger partial charge in [-0.25, -0.2) is 8.42 Å². The maximum atomic E-state index is 12.1. The molecule has 0 aliphatic carbocycles. The summed E-state index contributed by atoms with van der Waals surface area (Å²) in [7, 11) is -2.96. The molecule has 2 atom stereocenters. The van der Waals surface area contributed by atoms with E-state index in [4.69, 9.17) is 0 Å². The summed E-state index contributed by atoms with van der Waals surface area (Å²) in [5.74, 6) is 0.797. The van der Waals surface area contributed by atoms with Crippen LogP contribution in [0, 0.1) is 11.3 Å². The van der Waals surface area contributed by atoms with Gasteiger partial charge >= 0.3 is 0 Å². The quantitative estimate of drug-likeness (QED) is 0.844. The molecule has 1 heterocycles. The summed E-state index contributed by atoms with van der Waals surface area (Å²) in [5, 5.41) is 3.37. The maximum Gasteiger partial charge on any atom is 0.153 e. The van der Waals surface area contributed by atoms with Gasteiger partial charge in [0.1, 0.15) is 0 Å². The summed E-state index contributed by atoms with van der Waals surface area (Å²) in [4.78, 5) is 2.39. The summed E-state index contributed by atoms with van der Waals surface area (Å²) >= 11 is 0. The molecular formula is C16H34N2O2S. The highest BCUT2D eigenvalue weighted by atomic mass is 32.2. The van der Waals surface area contributed by atoms with Gasteiger partial charge in [-0.1, -0.05) is 34.6 Å². The Labute approximate surface area is 131 Å². The molecule has 4 nitrogen and oxygen atoms in total. The van der Waals surface area contributed by atoms with Gasteiger partial charge in [0, 0.05) is 31.7 Å². The molecule has 0 aromatic heterocycles. The lowest BCUT2D eigenvalue weighted by Gasteiger charge is -2.46. The van der Waals surface area contributed by atoms with E-state index in [2.05, 4.69) is 44.8 Å². The molecule has 0 saturated carbocycles. The van der Waals surface area contributed by atoms with Crippen molar-refractivity contribution in [3.05, 3.63) is 0 Å². The first-order valence-electron chi connectivity index (χ1n) is 8.14. The van der Waals surface area contributed by atoms with Crippen LogP contribution in [0.3, 0.4) is 0 Å². The van der Waals surface area contributed by atoms with Gasteiger partial charge in [-0.3, -0.25) is 4.90 Å². The van der Waals surface area contributed by atoms with E-state index in [0.29, 0.717) is 24.5 Å². The fourth-order valence-corrected chi connectivity index (χ4v) is 3.76. The Balaban J connectivity index is 2.77. The monoisotopic (exact) mass is 318 g/mol. The molecule has 1 rings (SSSR count). The Morgan fingerprint density at radius 3 is 2.19 bits per heavy atom. The molecule has 0 aromatic carbocycles. The van der Waals surface area contributed by atoms with Crippen molar-refractivity contribution in [2.45, 2.75) is 65.8 Å². The summed E-state index contributed by atoms with van der Waals surface area (Å²) in [5.41, 5.74) is 0.192. The Bertz CT molecular complexity index is 424. The SMILES string of the molecule is CC(C)C1CNC(C(C)(C)C)CN1CCS(=O)(=O)C(C)C. The third-order valence-corrected chi connectivity index (χ3v) is 6.84. The minimum absolute atomic E-state index is 0.192. The number of nitrogens with zero attached hydrogens (tertiary/aromatic N) is 1. The van der Waals surface area contributed by atoms with Crippen molar-refractivity contribution in [2.75, 3.05) is 25.4 Å². The van der Waals surface area contributed by atoms with Gasteiger partial charge in [-0.2, -0.15) is 0 Å². The minimum Gasteiger partial charge on any atom is -0.311 e. The predicted octanol–water partition coefficient (Wildman–Crippen LogP) is 2.15. The van der Waals surface area contributed by atoms with E-state index in [1.165, 1.54) is 0 Å².